The van der Waals surface area contributed by atoms with Crippen LogP contribution in [0.3, 0.4) is 0 Å². The van der Waals surface area contributed by atoms with Gasteiger partial charge in [0.25, 0.3) is 0 Å². The molecule has 164 valence electrons. The van der Waals surface area contributed by atoms with E-state index in [1.807, 2.05) is 49.1 Å². The van der Waals surface area contributed by atoms with Crippen LogP contribution in [0.15, 0.2) is 42.5 Å². The molecule has 0 fully saturated rings. The van der Waals surface area contributed by atoms with Crippen molar-refractivity contribution < 1.29 is 9.59 Å². The second-order valence-electron chi connectivity index (χ2n) is 7.72. The summed E-state index contributed by atoms with van der Waals surface area (Å²) < 4.78 is 0. The number of unbranched alkanes of at least 4 members (excludes halogenated alkanes) is 1. The van der Waals surface area contributed by atoms with E-state index in [0.29, 0.717) is 19.6 Å². The fourth-order valence-corrected chi connectivity index (χ4v) is 4.07. The molecule has 0 saturated carbocycles. The Morgan fingerprint density at radius 2 is 1.80 bits per heavy atom. The van der Waals surface area contributed by atoms with Gasteiger partial charge in [-0.1, -0.05) is 50.6 Å². The van der Waals surface area contributed by atoms with E-state index in [-0.39, 0.29) is 24.5 Å². The first-order valence-corrected chi connectivity index (χ1v) is 11.7. The highest BCUT2D eigenvalue weighted by molar-refractivity contribution is 7.11. The molecule has 0 unspecified atom stereocenters. The molecule has 0 bridgehead atoms. The summed E-state index contributed by atoms with van der Waals surface area (Å²) in [6.07, 6.45) is 2.76. The van der Waals surface area contributed by atoms with Crippen LogP contribution in [0.1, 0.15) is 55.4 Å². The van der Waals surface area contributed by atoms with E-state index < -0.39 is 0 Å². The molecule has 3 amide bonds. The molecule has 1 N–H and O–H groups in total. The van der Waals surface area contributed by atoms with Gasteiger partial charge >= 0.3 is 6.03 Å². The second kappa shape index (κ2) is 12.4. The van der Waals surface area contributed by atoms with Gasteiger partial charge in [0.1, 0.15) is 6.54 Å². The van der Waals surface area contributed by atoms with Gasteiger partial charge in [0, 0.05) is 28.9 Å². The summed E-state index contributed by atoms with van der Waals surface area (Å²) in [6.45, 7) is 10.0. The van der Waals surface area contributed by atoms with Crippen LogP contribution < -0.4 is 5.32 Å². The molecule has 1 heterocycles. The SMILES string of the molecule is CCCCNC(=O)N(CC(=O)N(Cc1ccccc1)Cc1ccc(C)s1)[C@H](C)CC. The molecule has 0 radical (unpaired) electrons. The average molecular weight is 430 g/mol. The highest BCUT2D eigenvalue weighted by Gasteiger charge is 2.25. The van der Waals surface area contributed by atoms with E-state index in [4.69, 9.17) is 0 Å². The Hall–Kier alpha value is -2.34. The lowest BCUT2D eigenvalue weighted by Crippen LogP contribution is -2.50. The predicted octanol–water partition coefficient (Wildman–Crippen LogP) is 5.20. The third-order valence-corrected chi connectivity index (χ3v) is 6.19. The molecule has 1 atom stereocenters. The Labute approximate surface area is 185 Å². The zero-order valence-electron chi connectivity index (χ0n) is 18.7. The zero-order valence-corrected chi connectivity index (χ0v) is 19.5. The highest BCUT2D eigenvalue weighted by atomic mass is 32.1. The molecule has 30 heavy (non-hydrogen) atoms. The molecule has 2 aromatic rings. The number of carbonyl (C=O) groups is 2. The number of nitrogens with zero attached hydrogens (tertiary/aromatic N) is 2. The van der Waals surface area contributed by atoms with Crippen molar-refractivity contribution in [3.63, 3.8) is 0 Å². The van der Waals surface area contributed by atoms with Crippen molar-refractivity contribution >= 4 is 23.3 Å². The van der Waals surface area contributed by atoms with Gasteiger partial charge < -0.3 is 15.1 Å². The summed E-state index contributed by atoms with van der Waals surface area (Å²) >= 11 is 1.71. The molecule has 1 aromatic carbocycles. The maximum atomic E-state index is 13.3. The van der Waals surface area contributed by atoms with Crippen LogP contribution in [-0.2, 0) is 17.9 Å². The maximum absolute atomic E-state index is 13.3. The summed E-state index contributed by atoms with van der Waals surface area (Å²) in [7, 11) is 0. The highest BCUT2D eigenvalue weighted by Crippen LogP contribution is 2.19. The molecular formula is C24H35N3O2S. The standard InChI is InChI=1S/C24H35N3O2S/c1-5-7-15-25-24(29)27(19(3)6-2)18-23(28)26(16-21-11-9-8-10-12-21)17-22-14-13-20(4)30-22/h8-14,19H,5-7,15-18H2,1-4H3,(H,25,29)/t19-/m1/s1. The monoisotopic (exact) mass is 429 g/mol. The molecule has 5 nitrogen and oxygen atoms in total. The van der Waals surface area contributed by atoms with Crippen LogP contribution in [0.2, 0.25) is 0 Å². The van der Waals surface area contributed by atoms with Crippen molar-refractivity contribution in [3.8, 4) is 0 Å². The van der Waals surface area contributed by atoms with E-state index in [2.05, 4.69) is 31.3 Å². The van der Waals surface area contributed by atoms with Gasteiger partial charge in [-0.25, -0.2) is 4.79 Å². The van der Waals surface area contributed by atoms with Gasteiger partial charge in [0.15, 0.2) is 0 Å². The third-order valence-electron chi connectivity index (χ3n) is 5.21. The Kier molecular flexibility index (Phi) is 9.87. The van der Waals surface area contributed by atoms with E-state index in [9.17, 15) is 9.59 Å². The minimum atomic E-state index is -0.155. The summed E-state index contributed by atoms with van der Waals surface area (Å²) in [6, 6.07) is 14.0. The van der Waals surface area contributed by atoms with Crippen molar-refractivity contribution in [2.75, 3.05) is 13.1 Å². The lowest BCUT2D eigenvalue weighted by molar-refractivity contribution is -0.133. The zero-order chi connectivity index (χ0) is 21.9. The first-order chi connectivity index (χ1) is 14.4. The second-order valence-corrected chi connectivity index (χ2v) is 9.09. The number of urea groups is 1. The van der Waals surface area contributed by atoms with Crippen LogP contribution in [0.4, 0.5) is 4.79 Å². The number of amides is 3. The first-order valence-electron chi connectivity index (χ1n) is 10.9. The number of carbonyl (C=O) groups excluding carboxylic acids is 2. The van der Waals surface area contributed by atoms with Crippen LogP contribution in [0.5, 0.6) is 0 Å². The van der Waals surface area contributed by atoms with Crippen LogP contribution in [0, 0.1) is 6.92 Å². The van der Waals surface area contributed by atoms with Crippen LogP contribution >= 0.6 is 11.3 Å². The number of aryl methyl sites for hydroxylation is 1. The number of hydrogen-bond acceptors (Lipinski definition) is 3. The van der Waals surface area contributed by atoms with E-state index in [1.54, 1.807) is 16.2 Å². The Morgan fingerprint density at radius 1 is 1.07 bits per heavy atom. The summed E-state index contributed by atoms with van der Waals surface area (Å²) in [4.78, 5) is 32.0. The molecule has 6 heteroatoms. The fraction of sp³-hybridized carbons (Fsp3) is 0.500. The molecule has 2 rings (SSSR count). The third kappa shape index (κ3) is 7.48. The summed E-state index contributed by atoms with van der Waals surface area (Å²) in [5.74, 6) is -0.0316. The Balaban J connectivity index is 2.15. The first kappa shape index (κ1) is 23.9. The summed E-state index contributed by atoms with van der Waals surface area (Å²) in [5, 5.41) is 2.96. The number of thiophene rings is 1. The molecule has 0 aliphatic carbocycles. The van der Waals surface area contributed by atoms with Gasteiger partial charge in [-0.2, -0.15) is 0 Å². The number of benzene rings is 1. The van der Waals surface area contributed by atoms with Gasteiger partial charge in [0.2, 0.25) is 5.91 Å². The van der Waals surface area contributed by atoms with Crippen LogP contribution in [-0.4, -0.2) is 40.9 Å². The van der Waals surface area contributed by atoms with E-state index in [0.717, 1.165) is 29.7 Å². The lowest BCUT2D eigenvalue weighted by Gasteiger charge is -2.31. The molecule has 0 saturated heterocycles. The number of hydrogen-bond donors (Lipinski definition) is 1. The van der Waals surface area contributed by atoms with E-state index >= 15 is 0 Å². The van der Waals surface area contributed by atoms with Gasteiger partial charge in [-0.05, 0) is 44.4 Å². The van der Waals surface area contributed by atoms with Crippen molar-refractivity contribution in [2.24, 2.45) is 0 Å². The largest absolute Gasteiger partial charge is 0.338 e. The molecule has 1 aromatic heterocycles. The number of rotatable bonds is 11. The smallest absolute Gasteiger partial charge is 0.318 e. The average Bonchev–Trinajstić information content (AvgIpc) is 3.16. The molecule has 0 aliphatic rings. The summed E-state index contributed by atoms with van der Waals surface area (Å²) in [5.41, 5.74) is 1.08. The van der Waals surface area contributed by atoms with Gasteiger partial charge in [0.05, 0.1) is 6.54 Å². The van der Waals surface area contributed by atoms with Crippen molar-refractivity contribution in [1.29, 1.82) is 0 Å². The minimum absolute atomic E-state index is 0.00173. The Morgan fingerprint density at radius 3 is 2.40 bits per heavy atom. The topological polar surface area (TPSA) is 52.7 Å². The quantitative estimate of drug-likeness (QED) is 0.500. The maximum Gasteiger partial charge on any atom is 0.318 e. The fourth-order valence-electron chi connectivity index (χ4n) is 3.16. The van der Waals surface area contributed by atoms with Crippen molar-refractivity contribution in [3.05, 3.63) is 57.8 Å². The molecule has 0 spiro atoms. The van der Waals surface area contributed by atoms with Gasteiger partial charge in [-0.3, -0.25) is 4.79 Å². The normalized spacial score (nSPS) is 11.7. The number of nitrogens with one attached hydrogen (secondary N) is 1. The molecular weight excluding hydrogens is 394 g/mol. The van der Waals surface area contributed by atoms with Crippen LogP contribution in [0.25, 0.3) is 0 Å². The van der Waals surface area contributed by atoms with Crippen molar-refractivity contribution in [2.45, 2.75) is 66.1 Å². The van der Waals surface area contributed by atoms with Gasteiger partial charge in [-0.15, -0.1) is 11.3 Å². The Bertz CT molecular complexity index is 791. The minimum Gasteiger partial charge on any atom is -0.338 e. The molecule has 0 aliphatic heterocycles. The van der Waals surface area contributed by atoms with E-state index in [1.165, 1.54) is 4.88 Å². The van der Waals surface area contributed by atoms with Crippen molar-refractivity contribution in [1.82, 2.24) is 15.1 Å². The lowest BCUT2D eigenvalue weighted by atomic mass is 10.2. The predicted molar refractivity (Wildman–Crippen MR) is 125 cm³/mol.